The lowest BCUT2D eigenvalue weighted by atomic mass is 9.99. The Labute approximate surface area is 123 Å². The third-order valence-electron chi connectivity index (χ3n) is 2.91. The Kier molecular flexibility index (Phi) is 4.28. The third-order valence-corrected chi connectivity index (χ3v) is 3.52. The predicted molar refractivity (Wildman–Crippen MR) is 71.6 cm³/mol. The summed E-state index contributed by atoms with van der Waals surface area (Å²) in [6.45, 7) is 1.47. The van der Waals surface area contributed by atoms with Crippen LogP contribution in [0, 0.1) is 24.4 Å². The second-order valence-electron chi connectivity index (χ2n) is 4.31. The Morgan fingerprint density at radius 2 is 1.45 bits per heavy atom. The minimum Gasteiger partial charge on any atom is -0.383 e. The normalized spacial score (nSPS) is 12.6. The van der Waals surface area contributed by atoms with Crippen LogP contribution >= 0.6 is 23.2 Å². The molecule has 0 aliphatic rings. The molecule has 0 aromatic heterocycles. The molecule has 2 aromatic rings. The molecular weight excluding hydrogens is 312 g/mol. The van der Waals surface area contributed by atoms with Gasteiger partial charge in [-0.15, -0.1) is 0 Å². The number of halogens is 5. The second kappa shape index (κ2) is 5.64. The van der Waals surface area contributed by atoms with Gasteiger partial charge in [-0.1, -0.05) is 23.2 Å². The summed E-state index contributed by atoms with van der Waals surface area (Å²) in [7, 11) is 0. The van der Waals surface area contributed by atoms with Crippen LogP contribution in [0.3, 0.4) is 0 Å². The fourth-order valence-corrected chi connectivity index (χ4v) is 2.21. The molecule has 6 heteroatoms. The van der Waals surface area contributed by atoms with E-state index in [1.165, 1.54) is 13.0 Å². The maximum absolute atomic E-state index is 13.7. The Bertz CT molecular complexity index is 616. The number of hydrogen-bond donors (Lipinski definition) is 1. The molecule has 2 aromatic carbocycles. The van der Waals surface area contributed by atoms with Crippen molar-refractivity contribution < 1.29 is 18.3 Å². The number of aryl methyl sites for hydroxylation is 1. The third kappa shape index (κ3) is 2.77. The average Bonchev–Trinajstić information content (AvgIpc) is 2.37. The summed E-state index contributed by atoms with van der Waals surface area (Å²) in [5, 5.41) is 9.66. The molecule has 1 nitrogen and oxygen atoms in total. The zero-order valence-electron chi connectivity index (χ0n) is 10.2. The molecule has 1 N–H and O–H groups in total. The molecule has 0 heterocycles. The van der Waals surface area contributed by atoms with Crippen LogP contribution in [0.25, 0.3) is 0 Å². The van der Waals surface area contributed by atoms with E-state index >= 15 is 0 Å². The molecule has 0 amide bonds. The number of aliphatic hydroxyl groups is 1. The van der Waals surface area contributed by atoms with Crippen molar-refractivity contribution in [2.75, 3.05) is 0 Å². The van der Waals surface area contributed by atoms with Crippen LogP contribution in [0.4, 0.5) is 13.2 Å². The lowest BCUT2D eigenvalue weighted by Crippen LogP contribution is -2.05. The maximum Gasteiger partial charge on any atom is 0.142 e. The number of benzene rings is 2. The highest BCUT2D eigenvalue weighted by Gasteiger charge is 2.21. The lowest BCUT2D eigenvalue weighted by molar-refractivity contribution is 0.214. The second-order valence-corrected chi connectivity index (χ2v) is 5.13. The van der Waals surface area contributed by atoms with Crippen LogP contribution in [-0.4, -0.2) is 5.11 Å². The summed E-state index contributed by atoms with van der Waals surface area (Å²) in [6.07, 6.45) is -1.52. The summed E-state index contributed by atoms with van der Waals surface area (Å²) >= 11 is 11.3. The van der Waals surface area contributed by atoms with Crippen LogP contribution in [0.15, 0.2) is 24.3 Å². The first kappa shape index (κ1) is 15.2. The van der Waals surface area contributed by atoms with E-state index in [9.17, 15) is 18.3 Å². The van der Waals surface area contributed by atoms with E-state index in [2.05, 4.69) is 0 Å². The van der Waals surface area contributed by atoms with Gasteiger partial charge in [0, 0.05) is 16.1 Å². The van der Waals surface area contributed by atoms with E-state index in [0.717, 1.165) is 18.2 Å². The summed E-state index contributed by atoms with van der Waals surface area (Å²) in [5.74, 6) is -2.28. The van der Waals surface area contributed by atoms with Gasteiger partial charge in [0.25, 0.3) is 0 Å². The van der Waals surface area contributed by atoms with Gasteiger partial charge in [0.05, 0.1) is 5.02 Å². The smallest absolute Gasteiger partial charge is 0.142 e. The first-order chi connectivity index (χ1) is 9.31. The van der Waals surface area contributed by atoms with Gasteiger partial charge in [-0.05, 0) is 36.8 Å². The van der Waals surface area contributed by atoms with Gasteiger partial charge in [-0.2, -0.15) is 0 Å². The predicted octanol–water partition coefficient (Wildman–Crippen LogP) is 4.80. The SMILES string of the molecule is Cc1cc(C(O)c2cc(F)c(Cl)cc2F)c(Cl)cc1F. The Morgan fingerprint density at radius 3 is 2.10 bits per heavy atom. The van der Waals surface area contributed by atoms with Crippen molar-refractivity contribution in [3.05, 3.63) is 68.5 Å². The lowest BCUT2D eigenvalue weighted by Gasteiger charge is -2.15. The molecule has 1 unspecified atom stereocenters. The van der Waals surface area contributed by atoms with Crippen LogP contribution in [0.5, 0.6) is 0 Å². The number of hydrogen-bond acceptors (Lipinski definition) is 1. The molecule has 0 saturated carbocycles. The highest BCUT2D eigenvalue weighted by atomic mass is 35.5. The molecule has 1 atom stereocenters. The van der Waals surface area contributed by atoms with Gasteiger partial charge >= 0.3 is 0 Å². The summed E-state index contributed by atoms with van der Waals surface area (Å²) in [5.41, 5.74) is 0.00397. The zero-order chi connectivity index (χ0) is 15.0. The van der Waals surface area contributed by atoms with Crippen molar-refractivity contribution in [3.63, 3.8) is 0 Å². The molecule has 2 rings (SSSR count). The summed E-state index contributed by atoms with van der Waals surface area (Å²) in [4.78, 5) is 0. The van der Waals surface area contributed by atoms with E-state index in [0.29, 0.717) is 0 Å². The minimum atomic E-state index is -1.52. The van der Waals surface area contributed by atoms with E-state index in [4.69, 9.17) is 23.2 Å². The minimum absolute atomic E-state index is 0.0737. The fraction of sp³-hybridized carbons (Fsp3) is 0.143. The average molecular weight is 321 g/mol. The van der Waals surface area contributed by atoms with Gasteiger partial charge in [-0.25, -0.2) is 13.2 Å². The molecule has 106 valence electrons. The van der Waals surface area contributed by atoms with Gasteiger partial charge < -0.3 is 5.11 Å². The topological polar surface area (TPSA) is 20.2 Å². The Hall–Kier alpha value is -1.23. The molecule has 0 saturated heterocycles. The first-order valence-electron chi connectivity index (χ1n) is 5.59. The van der Waals surface area contributed by atoms with E-state index in [1.54, 1.807) is 0 Å². The van der Waals surface area contributed by atoms with Crippen LogP contribution < -0.4 is 0 Å². The van der Waals surface area contributed by atoms with Crippen LogP contribution in [0.1, 0.15) is 22.8 Å². The standard InChI is InChI=1S/C14H9Cl2F3O/c1-6-2-7(9(15)4-11(6)17)14(20)8-3-13(19)10(16)5-12(8)18/h2-5,14,20H,1H3. The molecule has 0 aliphatic heterocycles. The molecule has 0 spiro atoms. The van der Waals surface area contributed by atoms with E-state index < -0.39 is 23.6 Å². The zero-order valence-corrected chi connectivity index (χ0v) is 11.7. The first-order valence-corrected chi connectivity index (χ1v) is 6.35. The van der Waals surface area contributed by atoms with Crippen LogP contribution in [0.2, 0.25) is 10.0 Å². The number of rotatable bonds is 2. The van der Waals surface area contributed by atoms with Crippen molar-refractivity contribution in [2.24, 2.45) is 0 Å². The molecule has 0 fully saturated rings. The maximum atomic E-state index is 13.7. The summed E-state index contributed by atoms with van der Waals surface area (Å²) in [6, 6.07) is 3.85. The van der Waals surface area contributed by atoms with Gasteiger partial charge in [0.2, 0.25) is 0 Å². The van der Waals surface area contributed by atoms with Crippen molar-refractivity contribution in [1.82, 2.24) is 0 Å². The van der Waals surface area contributed by atoms with Crippen LogP contribution in [-0.2, 0) is 0 Å². The largest absolute Gasteiger partial charge is 0.383 e. The highest BCUT2D eigenvalue weighted by Crippen LogP contribution is 2.33. The quantitative estimate of drug-likeness (QED) is 0.788. The van der Waals surface area contributed by atoms with Crippen molar-refractivity contribution in [2.45, 2.75) is 13.0 Å². The van der Waals surface area contributed by atoms with Gasteiger partial charge in [0.1, 0.15) is 23.6 Å². The molecule has 0 aliphatic carbocycles. The highest BCUT2D eigenvalue weighted by molar-refractivity contribution is 6.31. The summed E-state index contributed by atoms with van der Waals surface area (Å²) < 4.78 is 40.4. The molecular formula is C14H9Cl2F3O. The number of aliphatic hydroxyl groups excluding tert-OH is 1. The Balaban J connectivity index is 2.54. The van der Waals surface area contributed by atoms with Gasteiger partial charge in [-0.3, -0.25) is 0 Å². The monoisotopic (exact) mass is 320 g/mol. The van der Waals surface area contributed by atoms with Crippen molar-refractivity contribution in [3.8, 4) is 0 Å². The van der Waals surface area contributed by atoms with Crippen molar-refractivity contribution in [1.29, 1.82) is 0 Å². The fourth-order valence-electron chi connectivity index (χ4n) is 1.80. The molecule has 0 bridgehead atoms. The van der Waals surface area contributed by atoms with E-state index in [-0.39, 0.29) is 26.7 Å². The molecule has 0 radical (unpaired) electrons. The Morgan fingerprint density at radius 1 is 0.850 bits per heavy atom. The van der Waals surface area contributed by atoms with Crippen molar-refractivity contribution >= 4 is 23.2 Å². The van der Waals surface area contributed by atoms with E-state index in [1.807, 2.05) is 0 Å². The van der Waals surface area contributed by atoms with Gasteiger partial charge in [0.15, 0.2) is 0 Å². The molecule has 20 heavy (non-hydrogen) atoms.